The van der Waals surface area contributed by atoms with Crippen molar-refractivity contribution in [1.29, 1.82) is 0 Å². The Morgan fingerprint density at radius 3 is 2.44 bits per heavy atom. The molecule has 0 saturated heterocycles. The summed E-state index contributed by atoms with van der Waals surface area (Å²) in [7, 11) is 0. The van der Waals surface area contributed by atoms with Gasteiger partial charge in [-0.1, -0.05) is 27.7 Å². The van der Waals surface area contributed by atoms with Gasteiger partial charge in [-0.15, -0.1) is 0 Å². The van der Waals surface area contributed by atoms with Crippen molar-refractivity contribution in [2.45, 2.75) is 46.6 Å². The molecular formula is C15H25FN2. The fraction of sp³-hybridized carbons (Fsp3) is 0.667. The van der Waals surface area contributed by atoms with Crippen LogP contribution in [0.4, 0.5) is 4.39 Å². The minimum Gasteiger partial charge on any atom is -0.309 e. The second kappa shape index (κ2) is 7.47. The molecule has 2 nitrogen and oxygen atoms in total. The predicted molar refractivity (Wildman–Crippen MR) is 73.8 cm³/mol. The second-order valence-electron chi connectivity index (χ2n) is 5.48. The van der Waals surface area contributed by atoms with Crippen molar-refractivity contribution in [2.24, 2.45) is 11.8 Å². The molecule has 2 unspecified atom stereocenters. The molecule has 3 heteroatoms. The highest BCUT2D eigenvalue weighted by molar-refractivity contribution is 5.10. The summed E-state index contributed by atoms with van der Waals surface area (Å²) in [6.07, 6.45) is 3.56. The Kier molecular flexibility index (Phi) is 6.27. The van der Waals surface area contributed by atoms with Gasteiger partial charge in [0.1, 0.15) is 5.82 Å². The average Bonchev–Trinajstić information content (AvgIpc) is 2.28. The summed E-state index contributed by atoms with van der Waals surface area (Å²) in [5.41, 5.74) is 0.939. The maximum atomic E-state index is 12.9. The Labute approximate surface area is 110 Å². The SMILES string of the molecule is CCNC(CC(C)CC(C)C)c1ccc(F)cn1. The number of nitrogens with zero attached hydrogens (tertiary/aromatic N) is 1. The number of nitrogens with one attached hydrogen (secondary N) is 1. The quantitative estimate of drug-likeness (QED) is 0.795. The van der Waals surface area contributed by atoms with Crippen LogP contribution in [0.1, 0.15) is 52.3 Å². The number of hydrogen-bond acceptors (Lipinski definition) is 2. The van der Waals surface area contributed by atoms with Gasteiger partial charge in [-0.3, -0.25) is 4.98 Å². The van der Waals surface area contributed by atoms with Crippen LogP contribution in [0.15, 0.2) is 18.3 Å². The first-order chi connectivity index (χ1) is 8.52. The standard InChI is InChI=1S/C15H25FN2/c1-5-17-15(9-12(4)8-11(2)3)14-7-6-13(16)10-18-14/h6-7,10-12,15,17H,5,8-9H2,1-4H3. The Hall–Kier alpha value is -0.960. The van der Waals surface area contributed by atoms with Crippen molar-refractivity contribution >= 4 is 0 Å². The maximum absolute atomic E-state index is 12.9. The average molecular weight is 252 g/mol. The number of hydrogen-bond donors (Lipinski definition) is 1. The lowest BCUT2D eigenvalue weighted by atomic mass is 9.91. The highest BCUT2D eigenvalue weighted by Gasteiger charge is 2.16. The van der Waals surface area contributed by atoms with Gasteiger partial charge < -0.3 is 5.32 Å². The van der Waals surface area contributed by atoms with Crippen molar-refractivity contribution in [1.82, 2.24) is 10.3 Å². The molecule has 0 aliphatic carbocycles. The van der Waals surface area contributed by atoms with Crippen LogP contribution < -0.4 is 5.32 Å². The molecular weight excluding hydrogens is 227 g/mol. The molecule has 2 atom stereocenters. The van der Waals surface area contributed by atoms with Crippen LogP contribution in [-0.2, 0) is 0 Å². The van der Waals surface area contributed by atoms with E-state index in [9.17, 15) is 4.39 Å². The van der Waals surface area contributed by atoms with Gasteiger partial charge in [0.25, 0.3) is 0 Å². The lowest BCUT2D eigenvalue weighted by Gasteiger charge is -2.22. The van der Waals surface area contributed by atoms with E-state index < -0.39 is 0 Å². The first kappa shape index (κ1) is 15.1. The number of rotatable bonds is 7. The maximum Gasteiger partial charge on any atom is 0.141 e. The molecule has 0 amide bonds. The monoisotopic (exact) mass is 252 g/mol. The van der Waals surface area contributed by atoms with Crippen LogP contribution in [-0.4, -0.2) is 11.5 Å². The molecule has 0 aromatic carbocycles. The Bertz CT molecular complexity index is 335. The summed E-state index contributed by atoms with van der Waals surface area (Å²) in [5, 5.41) is 3.44. The van der Waals surface area contributed by atoms with Gasteiger partial charge in [0.2, 0.25) is 0 Å². The molecule has 0 spiro atoms. The van der Waals surface area contributed by atoms with Crippen molar-refractivity contribution in [3.05, 3.63) is 29.8 Å². The molecule has 0 fully saturated rings. The van der Waals surface area contributed by atoms with E-state index in [1.807, 2.05) is 0 Å². The van der Waals surface area contributed by atoms with Crippen LogP contribution >= 0.6 is 0 Å². The Morgan fingerprint density at radius 2 is 1.94 bits per heavy atom. The molecule has 1 rings (SSSR count). The van der Waals surface area contributed by atoms with Gasteiger partial charge in [-0.2, -0.15) is 0 Å². The van der Waals surface area contributed by atoms with Crippen molar-refractivity contribution in [3.63, 3.8) is 0 Å². The minimum absolute atomic E-state index is 0.226. The largest absolute Gasteiger partial charge is 0.309 e. The molecule has 0 aliphatic heterocycles. The van der Waals surface area contributed by atoms with Crippen molar-refractivity contribution in [3.8, 4) is 0 Å². The summed E-state index contributed by atoms with van der Waals surface area (Å²) in [6.45, 7) is 9.75. The Balaban J connectivity index is 2.67. The predicted octanol–water partition coefficient (Wildman–Crippen LogP) is 3.94. The molecule has 1 N–H and O–H groups in total. The summed E-state index contributed by atoms with van der Waals surface area (Å²) < 4.78 is 12.9. The minimum atomic E-state index is -0.274. The molecule has 1 aromatic heterocycles. The molecule has 1 aromatic rings. The van der Waals surface area contributed by atoms with Crippen LogP contribution in [0, 0.1) is 17.7 Å². The van der Waals surface area contributed by atoms with Crippen LogP contribution in [0.25, 0.3) is 0 Å². The number of pyridine rings is 1. The highest BCUT2D eigenvalue weighted by atomic mass is 19.1. The van der Waals surface area contributed by atoms with Gasteiger partial charge in [-0.05, 0) is 43.4 Å². The van der Waals surface area contributed by atoms with E-state index in [-0.39, 0.29) is 11.9 Å². The zero-order valence-electron chi connectivity index (χ0n) is 11.9. The summed E-state index contributed by atoms with van der Waals surface area (Å²) in [6, 6.07) is 3.49. The number of halogens is 1. The number of aromatic nitrogens is 1. The molecule has 18 heavy (non-hydrogen) atoms. The lowest BCUT2D eigenvalue weighted by molar-refractivity contribution is 0.355. The molecule has 0 bridgehead atoms. The van der Waals surface area contributed by atoms with Crippen molar-refractivity contribution in [2.75, 3.05) is 6.54 Å². The summed E-state index contributed by atoms with van der Waals surface area (Å²) in [4.78, 5) is 4.19. The zero-order chi connectivity index (χ0) is 13.5. The van der Waals surface area contributed by atoms with Gasteiger partial charge in [0, 0.05) is 6.04 Å². The normalized spacial score (nSPS) is 14.8. The molecule has 0 saturated carbocycles. The zero-order valence-corrected chi connectivity index (χ0v) is 11.9. The molecule has 0 aliphatic rings. The van der Waals surface area contributed by atoms with E-state index in [1.54, 1.807) is 6.07 Å². The molecule has 102 valence electrons. The molecule has 0 radical (unpaired) electrons. The lowest BCUT2D eigenvalue weighted by Crippen LogP contribution is -2.24. The van der Waals surface area contributed by atoms with E-state index in [0.29, 0.717) is 11.8 Å². The van der Waals surface area contributed by atoms with Gasteiger partial charge in [-0.25, -0.2) is 4.39 Å². The van der Waals surface area contributed by atoms with E-state index in [1.165, 1.54) is 18.7 Å². The first-order valence-electron chi connectivity index (χ1n) is 6.87. The third-order valence-electron chi connectivity index (χ3n) is 3.07. The van der Waals surface area contributed by atoms with Gasteiger partial charge in [0.05, 0.1) is 11.9 Å². The third kappa shape index (κ3) is 5.13. The highest BCUT2D eigenvalue weighted by Crippen LogP contribution is 2.24. The van der Waals surface area contributed by atoms with Gasteiger partial charge >= 0.3 is 0 Å². The third-order valence-corrected chi connectivity index (χ3v) is 3.07. The van der Waals surface area contributed by atoms with E-state index in [0.717, 1.165) is 18.7 Å². The van der Waals surface area contributed by atoms with E-state index >= 15 is 0 Å². The Morgan fingerprint density at radius 1 is 1.22 bits per heavy atom. The van der Waals surface area contributed by atoms with Crippen LogP contribution in [0.5, 0.6) is 0 Å². The second-order valence-corrected chi connectivity index (χ2v) is 5.48. The van der Waals surface area contributed by atoms with Crippen LogP contribution in [0.2, 0.25) is 0 Å². The van der Waals surface area contributed by atoms with Crippen LogP contribution in [0.3, 0.4) is 0 Å². The fourth-order valence-corrected chi connectivity index (χ4v) is 2.45. The van der Waals surface area contributed by atoms with Gasteiger partial charge in [0.15, 0.2) is 0 Å². The van der Waals surface area contributed by atoms with E-state index in [4.69, 9.17) is 0 Å². The summed E-state index contributed by atoms with van der Waals surface area (Å²) in [5.74, 6) is 1.08. The topological polar surface area (TPSA) is 24.9 Å². The molecule has 1 heterocycles. The van der Waals surface area contributed by atoms with Crippen molar-refractivity contribution < 1.29 is 4.39 Å². The first-order valence-corrected chi connectivity index (χ1v) is 6.87. The summed E-state index contributed by atoms with van der Waals surface area (Å²) >= 11 is 0. The fourth-order valence-electron chi connectivity index (χ4n) is 2.45. The smallest absolute Gasteiger partial charge is 0.141 e. The van der Waals surface area contributed by atoms with E-state index in [2.05, 4.69) is 38.0 Å².